The van der Waals surface area contributed by atoms with Gasteiger partial charge in [-0.2, -0.15) is 0 Å². The van der Waals surface area contributed by atoms with Gasteiger partial charge in [-0.3, -0.25) is 16.0 Å². The third kappa shape index (κ3) is 5.18. The van der Waals surface area contributed by atoms with Crippen LogP contribution in [0.5, 0.6) is 0 Å². The van der Waals surface area contributed by atoms with Gasteiger partial charge >= 0.3 is 0 Å². The zero-order valence-electron chi connectivity index (χ0n) is 27.6. The van der Waals surface area contributed by atoms with Crippen molar-refractivity contribution in [1.29, 1.82) is 0 Å². The van der Waals surface area contributed by atoms with Crippen LogP contribution in [0.1, 0.15) is 29.0 Å². The van der Waals surface area contributed by atoms with Gasteiger partial charge < -0.3 is 4.42 Å². The Morgan fingerprint density at radius 3 is 2.12 bits per heavy atom. The average Bonchev–Trinajstić information content (AvgIpc) is 3.76. The van der Waals surface area contributed by atoms with Gasteiger partial charge in [-0.1, -0.05) is 152 Å². The van der Waals surface area contributed by atoms with E-state index in [0.717, 1.165) is 55.3 Å². The van der Waals surface area contributed by atoms with Gasteiger partial charge in [0.2, 0.25) is 0 Å². The zero-order valence-corrected chi connectivity index (χ0v) is 29.2. The van der Waals surface area contributed by atoms with E-state index < -0.39 is 0 Å². The number of thioether (sulfide) groups is 1. The molecule has 6 heteroatoms. The maximum Gasteiger partial charge on any atom is 0.143 e. The molecule has 3 atom stereocenters. The molecule has 3 N–H and O–H groups in total. The molecular formula is C45H33N3OS2. The van der Waals surface area contributed by atoms with Crippen LogP contribution >= 0.6 is 23.1 Å². The number of rotatable bonds is 4. The zero-order chi connectivity index (χ0) is 33.9. The summed E-state index contributed by atoms with van der Waals surface area (Å²) in [4.78, 5) is 1.20. The molecule has 1 saturated heterocycles. The number of allylic oxidation sites excluding steroid dienone is 2. The van der Waals surface area contributed by atoms with E-state index in [1.165, 1.54) is 30.6 Å². The van der Waals surface area contributed by atoms with Crippen molar-refractivity contribution in [2.75, 3.05) is 0 Å². The molecule has 4 nitrogen and oxygen atoms in total. The van der Waals surface area contributed by atoms with Crippen molar-refractivity contribution in [2.24, 2.45) is 0 Å². The van der Waals surface area contributed by atoms with Gasteiger partial charge in [0.15, 0.2) is 0 Å². The topological polar surface area (TPSA) is 49.2 Å². The maximum absolute atomic E-state index is 7.03. The highest BCUT2D eigenvalue weighted by Gasteiger charge is 2.33. The average molecular weight is 696 g/mol. The van der Waals surface area contributed by atoms with E-state index in [4.69, 9.17) is 4.42 Å². The summed E-state index contributed by atoms with van der Waals surface area (Å²) in [5.74, 6) is 0. The first-order valence-electron chi connectivity index (χ1n) is 17.2. The third-order valence-corrected chi connectivity index (χ3v) is 12.2. The minimum atomic E-state index is -0.229. The van der Waals surface area contributed by atoms with E-state index in [0.29, 0.717) is 0 Å². The van der Waals surface area contributed by atoms with E-state index in [2.05, 4.69) is 174 Å². The molecule has 0 bridgehead atoms. The molecule has 10 rings (SSSR count). The van der Waals surface area contributed by atoms with Crippen molar-refractivity contribution < 1.29 is 4.42 Å². The van der Waals surface area contributed by atoms with Crippen LogP contribution in [0.15, 0.2) is 172 Å². The Morgan fingerprint density at radius 2 is 1.22 bits per heavy atom. The Bertz CT molecular complexity index is 2700. The number of benzene rings is 6. The smallest absolute Gasteiger partial charge is 0.143 e. The first-order chi connectivity index (χ1) is 25.2. The highest BCUT2D eigenvalue weighted by Crippen LogP contribution is 2.44. The lowest BCUT2D eigenvalue weighted by molar-refractivity contribution is 0.225. The quantitative estimate of drug-likeness (QED) is 0.171. The van der Waals surface area contributed by atoms with Crippen molar-refractivity contribution >= 4 is 70.8 Å². The summed E-state index contributed by atoms with van der Waals surface area (Å²) < 4.78 is 9.61. The van der Waals surface area contributed by atoms with E-state index in [9.17, 15) is 0 Å². The Hall–Kier alpha value is -5.21. The van der Waals surface area contributed by atoms with Crippen LogP contribution < -0.4 is 16.0 Å². The summed E-state index contributed by atoms with van der Waals surface area (Å²) in [6.07, 6.45) is 3.75. The molecule has 0 amide bonds. The van der Waals surface area contributed by atoms with Crippen molar-refractivity contribution in [1.82, 2.24) is 16.0 Å². The van der Waals surface area contributed by atoms with Crippen molar-refractivity contribution in [3.8, 4) is 11.1 Å². The summed E-state index contributed by atoms with van der Waals surface area (Å²) >= 11 is 3.57. The number of para-hydroxylation sites is 2. The fraction of sp³-hybridized carbons (Fsp3) is 0.0667. The molecule has 51 heavy (non-hydrogen) atoms. The van der Waals surface area contributed by atoms with Crippen LogP contribution in [-0.2, 0) is 0 Å². The maximum atomic E-state index is 7.03. The highest BCUT2D eigenvalue weighted by molar-refractivity contribution is 8.02. The van der Waals surface area contributed by atoms with Crippen LogP contribution in [-0.4, -0.2) is 6.17 Å². The van der Waals surface area contributed by atoms with E-state index in [-0.39, 0.29) is 18.5 Å². The van der Waals surface area contributed by atoms with Gasteiger partial charge in [0.25, 0.3) is 0 Å². The highest BCUT2D eigenvalue weighted by atomic mass is 32.2. The number of hydrogen-bond acceptors (Lipinski definition) is 6. The lowest BCUT2D eigenvalue weighted by Crippen LogP contribution is -2.59. The molecule has 0 saturated carbocycles. The van der Waals surface area contributed by atoms with Gasteiger partial charge in [-0.05, 0) is 39.8 Å². The predicted octanol–water partition coefficient (Wildman–Crippen LogP) is 11.7. The lowest BCUT2D eigenvalue weighted by atomic mass is 9.94. The Kier molecular flexibility index (Phi) is 7.52. The minimum Gasteiger partial charge on any atom is -0.455 e. The molecule has 2 aromatic heterocycles. The summed E-state index contributed by atoms with van der Waals surface area (Å²) in [6, 6.07) is 47.4. The summed E-state index contributed by atoms with van der Waals surface area (Å²) in [5.41, 5.74) is 9.57. The fourth-order valence-corrected chi connectivity index (χ4v) is 9.69. The summed E-state index contributed by atoms with van der Waals surface area (Å²) in [7, 11) is 0. The van der Waals surface area contributed by atoms with Crippen molar-refractivity contribution in [3.63, 3.8) is 0 Å². The molecule has 8 aromatic rings. The Labute approximate surface area is 304 Å². The Balaban J connectivity index is 1.11. The van der Waals surface area contributed by atoms with Crippen molar-refractivity contribution in [2.45, 2.75) is 23.4 Å². The summed E-state index contributed by atoms with van der Waals surface area (Å²) in [5, 5.41) is 18.6. The normalized spacial score (nSPS) is 21.0. The van der Waals surface area contributed by atoms with E-state index in [1.54, 1.807) is 11.8 Å². The molecule has 6 aromatic carbocycles. The molecule has 1 fully saturated rings. The molecule has 0 radical (unpaired) electrons. The standard InChI is InChI=1S/C45H33N3OS2/c1-27-29-15-5-7-24-38(29)50-26-12-23-30(27)44-46-43(28-13-3-2-4-14-28)47-45(48-44)37-22-10-18-33-32-17-9-19-34(40(32)49-41(33)37)36-21-11-20-35-31-16-6-8-25-39(31)51-42(35)36/h2-26,43-48H,1H2/b26-12-,30-23+. The van der Waals surface area contributed by atoms with Gasteiger partial charge in [0.1, 0.15) is 11.2 Å². The van der Waals surface area contributed by atoms with Crippen molar-refractivity contribution in [3.05, 3.63) is 180 Å². The Morgan fingerprint density at radius 1 is 0.549 bits per heavy atom. The number of nitrogens with one attached hydrogen (secondary N) is 3. The number of furan rings is 1. The fourth-order valence-electron chi connectivity index (χ4n) is 7.68. The molecule has 246 valence electrons. The summed E-state index contributed by atoms with van der Waals surface area (Å²) in [6.45, 7) is 4.63. The van der Waals surface area contributed by atoms with Crippen LogP contribution in [0.25, 0.3) is 58.8 Å². The molecular weight excluding hydrogens is 663 g/mol. The second-order valence-corrected chi connectivity index (χ2v) is 15.0. The molecule has 2 aliphatic heterocycles. The molecule has 0 spiro atoms. The SMILES string of the molecule is C=C1/C(C2NC(c3ccccc3)NC(c3cccc4c3oc3c(-c5cccc6c5sc5ccccc56)cccc34)N2)=C\C=C/Sc2ccccc21. The molecule has 2 aliphatic rings. The first kappa shape index (κ1) is 30.6. The van der Waals surface area contributed by atoms with Gasteiger partial charge in [0, 0.05) is 52.5 Å². The predicted molar refractivity (Wildman–Crippen MR) is 216 cm³/mol. The minimum absolute atomic E-state index is 0.129. The second-order valence-electron chi connectivity index (χ2n) is 13.0. The molecule has 4 heterocycles. The largest absolute Gasteiger partial charge is 0.455 e. The second kappa shape index (κ2) is 12.5. The van der Waals surface area contributed by atoms with Gasteiger partial charge in [-0.25, -0.2) is 0 Å². The van der Waals surface area contributed by atoms with Crippen LogP contribution in [0, 0.1) is 0 Å². The van der Waals surface area contributed by atoms with Crippen LogP contribution in [0.4, 0.5) is 0 Å². The van der Waals surface area contributed by atoms with Crippen LogP contribution in [0.3, 0.4) is 0 Å². The first-order valence-corrected chi connectivity index (χ1v) is 18.9. The molecule has 0 aliphatic carbocycles. The lowest BCUT2D eigenvalue weighted by Gasteiger charge is -2.41. The number of hydrogen-bond donors (Lipinski definition) is 3. The third-order valence-electron chi connectivity index (χ3n) is 10.1. The monoisotopic (exact) mass is 695 g/mol. The molecule has 3 unspecified atom stereocenters. The van der Waals surface area contributed by atoms with Gasteiger partial charge in [-0.15, -0.1) is 11.3 Å². The van der Waals surface area contributed by atoms with E-state index in [1.807, 2.05) is 11.3 Å². The number of fused-ring (bicyclic) bond motifs is 7. The van der Waals surface area contributed by atoms with Gasteiger partial charge in [0.05, 0.1) is 18.5 Å². The van der Waals surface area contributed by atoms with E-state index >= 15 is 0 Å². The van der Waals surface area contributed by atoms with Crippen LogP contribution in [0.2, 0.25) is 0 Å². The number of thiophene rings is 1.